The number of phenols is 1. The van der Waals surface area contributed by atoms with Gasteiger partial charge in [0.2, 0.25) is 0 Å². The van der Waals surface area contributed by atoms with Crippen molar-refractivity contribution >= 4 is 11.9 Å². The second-order valence-corrected chi connectivity index (χ2v) is 4.99. The summed E-state index contributed by atoms with van der Waals surface area (Å²) in [6, 6.07) is 4.71. The first-order valence-corrected chi connectivity index (χ1v) is 6.12. The zero-order valence-electron chi connectivity index (χ0n) is 11.4. The minimum absolute atomic E-state index is 0.121. The van der Waals surface area contributed by atoms with Crippen molar-refractivity contribution in [3.05, 3.63) is 29.3 Å². The molecule has 1 aromatic rings. The molecule has 19 heavy (non-hydrogen) atoms. The van der Waals surface area contributed by atoms with E-state index in [4.69, 9.17) is 5.11 Å². The highest BCUT2D eigenvalue weighted by atomic mass is 16.4. The maximum Gasteiger partial charge on any atom is 0.323 e. The van der Waals surface area contributed by atoms with Crippen LogP contribution < -0.4 is 0 Å². The summed E-state index contributed by atoms with van der Waals surface area (Å²) in [5, 5.41) is 18.6. The molecule has 0 spiro atoms. The molecule has 0 saturated heterocycles. The number of aromatic hydroxyl groups is 1. The quantitative estimate of drug-likeness (QED) is 0.852. The van der Waals surface area contributed by atoms with Gasteiger partial charge in [-0.25, -0.2) is 0 Å². The summed E-state index contributed by atoms with van der Waals surface area (Å²) < 4.78 is 0. The molecule has 0 atom stereocenters. The lowest BCUT2D eigenvalue weighted by Gasteiger charge is -2.23. The number of carbonyl (C=O) groups is 2. The SMILES string of the molecule is Cc1ccc(C(=O)N(CC(=O)O)CC(C)C)c(O)c1. The third kappa shape index (κ3) is 4.28. The summed E-state index contributed by atoms with van der Waals surface area (Å²) in [5.74, 6) is -1.51. The summed E-state index contributed by atoms with van der Waals surface area (Å²) in [4.78, 5) is 24.3. The number of nitrogens with zero attached hydrogens (tertiary/aromatic N) is 1. The second kappa shape index (κ2) is 6.22. The first-order chi connectivity index (χ1) is 8.81. The van der Waals surface area contributed by atoms with Gasteiger partial charge in [-0.05, 0) is 30.5 Å². The van der Waals surface area contributed by atoms with E-state index in [1.807, 2.05) is 13.8 Å². The predicted molar refractivity (Wildman–Crippen MR) is 71.2 cm³/mol. The van der Waals surface area contributed by atoms with Gasteiger partial charge >= 0.3 is 5.97 Å². The van der Waals surface area contributed by atoms with E-state index in [1.54, 1.807) is 13.0 Å². The Kier molecular flexibility index (Phi) is 4.92. The standard InChI is InChI=1S/C14H19NO4/c1-9(2)7-15(8-13(17)18)14(19)11-5-4-10(3)6-12(11)16/h4-6,9,16H,7-8H2,1-3H3,(H,17,18). The molecular weight excluding hydrogens is 246 g/mol. The van der Waals surface area contributed by atoms with Crippen molar-refractivity contribution in [2.75, 3.05) is 13.1 Å². The number of amides is 1. The Bertz CT molecular complexity index is 482. The van der Waals surface area contributed by atoms with Gasteiger partial charge in [-0.2, -0.15) is 0 Å². The second-order valence-electron chi connectivity index (χ2n) is 4.99. The third-order valence-electron chi connectivity index (χ3n) is 2.58. The van der Waals surface area contributed by atoms with Gasteiger partial charge in [0.05, 0.1) is 5.56 Å². The first-order valence-electron chi connectivity index (χ1n) is 6.12. The van der Waals surface area contributed by atoms with Crippen LogP contribution >= 0.6 is 0 Å². The maximum absolute atomic E-state index is 12.3. The highest BCUT2D eigenvalue weighted by Crippen LogP contribution is 2.20. The van der Waals surface area contributed by atoms with Gasteiger partial charge in [-0.1, -0.05) is 19.9 Å². The summed E-state index contributed by atoms with van der Waals surface area (Å²) in [5.41, 5.74) is 0.968. The van der Waals surface area contributed by atoms with E-state index in [1.165, 1.54) is 17.0 Å². The van der Waals surface area contributed by atoms with Crippen molar-refractivity contribution in [1.82, 2.24) is 4.90 Å². The summed E-state index contributed by atoms with van der Waals surface area (Å²) >= 11 is 0. The molecule has 5 nitrogen and oxygen atoms in total. The minimum atomic E-state index is -1.07. The van der Waals surface area contributed by atoms with Crippen LogP contribution in [0, 0.1) is 12.8 Å². The van der Waals surface area contributed by atoms with Crippen molar-refractivity contribution in [2.45, 2.75) is 20.8 Å². The smallest absolute Gasteiger partial charge is 0.323 e. The molecule has 0 saturated carbocycles. The van der Waals surface area contributed by atoms with Crippen LogP contribution in [0.15, 0.2) is 18.2 Å². The van der Waals surface area contributed by atoms with Crippen molar-refractivity contribution in [1.29, 1.82) is 0 Å². The van der Waals surface area contributed by atoms with Gasteiger partial charge in [0.15, 0.2) is 0 Å². The molecule has 1 amide bonds. The van der Waals surface area contributed by atoms with Gasteiger partial charge in [-0.15, -0.1) is 0 Å². The Morgan fingerprint density at radius 3 is 2.42 bits per heavy atom. The lowest BCUT2D eigenvalue weighted by molar-refractivity contribution is -0.137. The molecule has 5 heteroatoms. The molecule has 0 bridgehead atoms. The number of hydrogen-bond donors (Lipinski definition) is 2. The van der Waals surface area contributed by atoms with Crippen molar-refractivity contribution < 1.29 is 19.8 Å². The van der Waals surface area contributed by atoms with E-state index in [2.05, 4.69) is 0 Å². The fourth-order valence-corrected chi connectivity index (χ4v) is 1.82. The fourth-order valence-electron chi connectivity index (χ4n) is 1.82. The third-order valence-corrected chi connectivity index (χ3v) is 2.58. The summed E-state index contributed by atoms with van der Waals surface area (Å²) in [7, 11) is 0. The first kappa shape index (κ1) is 15.0. The number of carboxylic acid groups (broad SMARTS) is 1. The van der Waals surface area contributed by atoms with Gasteiger partial charge in [0.1, 0.15) is 12.3 Å². The molecule has 0 aromatic heterocycles. The van der Waals surface area contributed by atoms with Crippen molar-refractivity contribution in [2.24, 2.45) is 5.92 Å². The summed E-state index contributed by atoms with van der Waals surface area (Å²) in [6.45, 7) is 5.56. The van der Waals surface area contributed by atoms with Crippen LogP contribution in [-0.2, 0) is 4.79 Å². The van der Waals surface area contributed by atoms with Crippen molar-refractivity contribution in [3.63, 3.8) is 0 Å². The van der Waals surface area contributed by atoms with Gasteiger partial charge < -0.3 is 15.1 Å². The van der Waals surface area contributed by atoms with Crippen LogP contribution in [0.25, 0.3) is 0 Å². The number of carbonyl (C=O) groups excluding carboxylic acids is 1. The molecular formula is C14H19NO4. The van der Waals surface area contributed by atoms with Crippen LogP contribution in [0.1, 0.15) is 29.8 Å². The monoisotopic (exact) mass is 265 g/mol. The van der Waals surface area contributed by atoms with E-state index >= 15 is 0 Å². The molecule has 104 valence electrons. The van der Waals surface area contributed by atoms with E-state index in [9.17, 15) is 14.7 Å². The number of carboxylic acids is 1. The molecule has 0 aliphatic carbocycles. The molecule has 2 N–H and O–H groups in total. The molecule has 0 aliphatic rings. The largest absolute Gasteiger partial charge is 0.507 e. The van der Waals surface area contributed by atoms with Gasteiger partial charge in [-0.3, -0.25) is 9.59 Å². The van der Waals surface area contributed by atoms with E-state index in [0.29, 0.717) is 6.54 Å². The molecule has 0 heterocycles. The molecule has 1 aromatic carbocycles. The van der Waals surface area contributed by atoms with Gasteiger partial charge in [0.25, 0.3) is 5.91 Å². The predicted octanol–water partition coefficient (Wildman–Crippen LogP) is 1.88. The molecule has 0 fully saturated rings. The van der Waals surface area contributed by atoms with Crippen LogP contribution in [0.3, 0.4) is 0 Å². The average Bonchev–Trinajstić information content (AvgIpc) is 2.26. The lowest BCUT2D eigenvalue weighted by Crippen LogP contribution is -2.38. The number of hydrogen-bond acceptors (Lipinski definition) is 3. The van der Waals surface area contributed by atoms with Crippen LogP contribution in [0.2, 0.25) is 0 Å². The Morgan fingerprint density at radius 2 is 1.95 bits per heavy atom. The Hall–Kier alpha value is -2.04. The highest BCUT2D eigenvalue weighted by Gasteiger charge is 2.21. The molecule has 1 rings (SSSR count). The fraction of sp³-hybridized carbons (Fsp3) is 0.429. The maximum atomic E-state index is 12.3. The Morgan fingerprint density at radius 1 is 1.32 bits per heavy atom. The van der Waals surface area contributed by atoms with Crippen LogP contribution in [0.5, 0.6) is 5.75 Å². The minimum Gasteiger partial charge on any atom is -0.507 e. The highest BCUT2D eigenvalue weighted by molar-refractivity contribution is 5.98. The number of aliphatic carboxylic acids is 1. The van der Waals surface area contributed by atoms with Crippen LogP contribution in [-0.4, -0.2) is 40.1 Å². The zero-order chi connectivity index (χ0) is 14.6. The summed E-state index contributed by atoms with van der Waals surface area (Å²) in [6.07, 6.45) is 0. The van der Waals surface area contributed by atoms with Gasteiger partial charge in [0, 0.05) is 6.54 Å². The van der Waals surface area contributed by atoms with Crippen molar-refractivity contribution in [3.8, 4) is 5.75 Å². The normalized spacial score (nSPS) is 10.5. The lowest BCUT2D eigenvalue weighted by atomic mass is 10.1. The average molecular weight is 265 g/mol. The van der Waals surface area contributed by atoms with E-state index < -0.39 is 11.9 Å². The molecule has 0 aliphatic heterocycles. The number of rotatable bonds is 5. The Balaban J connectivity index is 3.00. The van der Waals surface area contributed by atoms with E-state index in [-0.39, 0.29) is 23.8 Å². The van der Waals surface area contributed by atoms with Crippen LogP contribution in [0.4, 0.5) is 0 Å². The topological polar surface area (TPSA) is 77.8 Å². The number of aryl methyl sites for hydroxylation is 1. The molecule has 0 unspecified atom stereocenters. The Labute approximate surface area is 112 Å². The zero-order valence-corrected chi connectivity index (χ0v) is 11.4. The number of benzene rings is 1. The van der Waals surface area contributed by atoms with E-state index in [0.717, 1.165) is 5.56 Å². The number of phenolic OH excluding ortho intramolecular Hbond substituents is 1. The molecule has 0 radical (unpaired) electrons.